The van der Waals surface area contributed by atoms with Crippen LogP contribution < -0.4 is 5.43 Å². The van der Waals surface area contributed by atoms with Crippen molar-refractivity contribution in [1.29, 1.82) is 0 Å². The summed E-state index contributed by atoms with van der Waals surface area (Å²) in [4.78, 5) is 0. The predicted molar refractivity (Wildman–Crippen MR) is 61.7 cm³/mol. The minimum Gasteiger partial charge on any atom is -0.381 e. The van der Waals surface area contributed by atoms with Gasteiger partial charge in [0, 0.05) is 25.9 Å². The molecular formula is C12H18N2O. The molecule has 1 fully saturated rings. The Morgan fingerprint density at radius 2 is 1.87 bits per heavy atom. The number of rotatable bonds is 3. The van der Waals surface area contributed by atoms with Gasteiger partial charge in [-0.15, -0.1) is 0 Å². The summed E-state index contributed by atoms with van der Waals surface area (Å²) in [6, 6.07) is 10.3. The third kappa shape index (κ3) is 2.94. The summed E-state index contributed by atoms with van der Waals surface area (Å²) >= 11 is 0. The maximum absolute atomic E-state index is 5.34. The Bertz CT molecular complexity index is 281. The molecule has 3 nitrogen and oxygen atoms in total. The van der Waals surface area contributed by atoms with Crippen LogP contribution in [-0.4, -0.2) is 31.3 Å². The van der Waals surface area contributed by atoms with E-state index in [1.807, 2.05) is 18.2 Å². The Labute approximate surface area is 91.0 Å². The molecule has 1 aliphatic rings. The average molecular weight is 206 g/mol. The molecule has 0 atom stereocenters. The lowest BCUT2D eigenvalue weighted by Crippen LogP contribution is -2.40. The highest BCUT2D eigenvalue weighted by Crippen LogP contribution is 2.14. The number of hydrogen-bond acceptors (Lipinski definition) is 3. The Balaban J connectivity index is 1.82. The summed E-state index contributed by atoms with van der Waals surface area (Å²) in [7, 11) is 1.80. The van der Waals surface area contributed by atoms with Gasteiger partial charge in [-0.25, -0.2) is 5.01 Å². The normalized spacial score (nSPS) is 19.0. The van der Waals surface area contributed by atoms with E-state index in [1.165, 1.54) is 0 Å². The number of ether oxygens (including phenoxy) is 1. The SMILES string of the molecule is COC1CCN(Nc2ccccc2)CC1. The van der Waals surface area contributed by atoms with Gasteiger partial charge in [0.25, 0.3) is 0 Å². The number of anilines is 1. The van der Waals surface area contributed by atoms with Crippen LogP contribution in [0.25, 0.3) is 0 Å². The molecular weight excluding hydrogens is 188 g/mol. The zero-order valence-corrected chi connectivity index (χ0v) is 9.15. The molecule has 1 aromatic carbocycles. The van der Waals surface area contributed by atoms with E-state index in [4.69, 9.17) is 4.74 Å². The van der Waals surface area contributed by atoms with Crippen molar-refractivity contribution in [3.8, 4) is 0 Å². The second kappa shape index (κ2) is 5.14. The number of piperidine rings is 1. The molecule has 0 aliphatic carbocycles. The van der Waals surface area contributed by atoms with Gasteiger partial charge >= 0.3 is 0 Å². The first-order valence-electron chi connectivity index (χ1n) is 5.48. The molecule has 0 amide bonds. The van der Waals surface area contributed by atoms with Crippen LogP contribution in [0.3, 0.4) is 0 Å². The lowest BCUT2D eigenvalue weighted by atomic mass is 10.1. The second-order valence-corrected chi connectivity index (χ2v) is 3.90. The van der Waals surface area contributed by atoms with E-state index in [9.17, 15) is 0 Å². The topological polar surface area (TPSA) is 24.5 Å². The van der Waals surface area contributed by atoms with E-state index in [-0.39, 0.29) is 0 Å². The Kier molecular flexibility index (Phi) is 3.59. The van der Waals surface area contributed by atoms with Crippen molar-refractivity contribution in [3.05, 3.63) is 30.3 Å². The van der Waals surface area contributed by atoms with Gasteiger partial charge in [0.1, 0.15) is 0 Å². The number of nitrogens with zero attached hydrogens (tertiary/aromatic N) is 1. The quantitative estimate of drug-likeness (QED) is 0.820. The van der Waals surface area contributed by atoms with Gasteiger partial charge in [0.05, 0.1) is 6.10 Å². The number of hydrazine groups is 1. The van der Waals surface area contributed by atoms with Crippen molar-refractivity contribution in [2.45, 2.75) is 18.9 Å². The zero-order valence-electron chi connectivity index (χ0n) is 9.15. The predicted octanol–water partition coefficient (Wildman–Crippen LogP) is 2.12. The molecule has 0 bridgehead atoms. The summed E-state index contributed by atoms with van der Waals surface area (Å²) in [5, 5.41) is 2.25. The van der Waals surface area contributed by atoms with Crippen molar-refractivity contribution in [2.24, 2.45) is 0 Å². The molecule has 0 unspecified atom stereocenters. The van der Waals surface area contributed by atoms with Gasteiger partial charge in [-0.3, -0.25) is 0 Å². The van der Waals surface area contributed by atoms with E-state index < -0.39 is 0 Å². The zero-order chi connectivity index (χ0) is 10.5. The molecule has 0 aromatic heterocycles. The van der Waals surface area contributed by atoms with Crippen LogP contribution in [0.4, 0.5) is 5.69 Å². The second-order valence-electron chi connectivity index (χ2n) is 3.90. The molecule has 0 saturated carbocycles. The molecule has 1 heterocycles. The van der Waals surface area contributed by atoms with E-state index in [1.54, 1.807) is 7.11 Å². The van der Waals surface area contributed by atoms with Gasteiger partial charge in [0.2, 0.25) is 0 Å². The van der Waals surface area contributed by atoms with Crippen molar-refractivity contribution < 1.29 is 4.74 Å². The van der Waals surface area contributed by atoms with Crippen molar-refractivity contribution >= 4 is 5.69 Å². The van der Waals surface area contributed by atoms with Gasteiger partial charge < -0.3 is 10.2 Å². The van der Waals surface area contributed by atoms with Gasteiger partial charge in [0.15, 0.2) is 0 Å². The smallest absolute Gasteiger partial charge is 0.0597 e. The van der Waals surface area contributed by atoms with Crippen LogP contribution in [0.15, 0.2) is 30.3 Å². The van der Waals surface area contributed by atoms with Crippen LogP contribution in [0, 0.1) is 0 Å². The lowest BCUT2D eigenvalue weighted by molar-refractivity contribution is 0.0480. The fourth-order valence-corrected chi connectivity index (χ4v) is 1.90. The van der Waals surface area contributed by atoms with Crippen LogP contribution in [0.5, 0.6) is 0 Å². The monoisotopic (exact) mass is 206 g/mol. The lowest BCUT2D eigenvalue weighted by Gasteiger charge is -2.31. The first-order valence-corrected chi connectivity index (χ1v) is 5.48. The van der Waals surface area contributed by atoms with Crippen LogP contribution in [-0.2, 0) is 4.74 Å². The van der Waals surface area contributed by atoms with E-state index in [0.29, 0.717) is 6.10 Å². The fraction of sp³-hybridized carbons (Fsp3) is 0.500. The minimum absolute atomic E-state index is 0.443. The third-order valence-corrected chi connectivity index (χ3v) is 2.84. The van der Waals surface area contributed by atoms with Crippen LogP contribution in [0.1, 0.15) is 12.8 Å². The first-order chi connectivity index (χ1) is 7.38. The van der Waals surface area contributed by atoms with Gasteiger partial charge in [-0.05, 0) is 25.0 Å². The van der Waals surface area contributed by atoms with Crippen LogP contribution in [0.2, 0.25) is 0 Å². The Morgan fingerprint density at radius 1 is 1.20 bits per heavy atom. The summed E-state index contributed by atoms with van der Waals surface area (Å²) in [6.07, 6.45) is 2.66. The fourth-order valence-electron chi connectivity index (χ4n) is 1.90. The molecule has 1 N–H and O–H groups in total. The highest BCUT2D eigenvalue weighted by molar-refractivity contribution is 5.41. The average Bonchev–Trinajstić information content (AvgIpc) is 2.31. The first kappa shape index (κ1) is 10.5. The molecule has 1 aliphatic heterocycles. The molecule has 82 valence electrons. The van der Waals surface area contributed by atoms with Crippen molar-refractivity contribution in [1.82, 2.24) is 5.01 Å². The number of methoxy groups -OCH3 is 1. The van der Waals surface area contributed by atoms with E-state index in [2.05, 4.69) is 22.6 Å². The number of hydrogen-bond donors (Lipinski definition) is 1. The molecule has 0 spiro atoms. The largest absolute Gasteiger partial charge is 0.381 e. The number of nitrogens with one attached hydrogen (secondary N) is 1. The standard InChI is InChI=1S/C12H18N2O/c1-15-12-7-9-14(10-8-12)13-11-5-3-2-4-6-11/h2-6,12-13H,7-10H2,1H3. The maximum Gasteiger partial charge on any atom is 0.0597 e. The minimum atomic E-state index is 0.443. The Morgan fingerprint density at radius 3 is 2.47 bits per heavy atom. The van der Waals surface area contributed by atoms with E-state index in [0.717, 1.165) is 31.6 Å². The molecule has 2 rings (SSSR count). The van der Waals surface area contributed by atoms with Crippen molar-refractivity contribution in [3.63, 3.8) is 0 Å². The molecule has 1 aromatic rings. The summed E-state index contributed by atoms with van der Waals surface area (Å²) in [5.74, 6) is 0. The van der Waals surface area contributed by atoms with Crippen molar-refractivity contribution in [2.75, 3.05) is 25.6 Å². The van der Waals surface area contributed by atoms with E-state index >= 15 is 0 Å². The highest BCUT2D eigenvalue weighted by atomic mass is 16.5. The molecule has 15 heavy (non-hydrogen) atoms. The van der Waals surface area contributed by atoms with Gasteiger partial charge in [-0.1, -0.05) is 18.2 Å². The summed E-state index contributed by atoms with van der Waals surface area (Å²) in [6.45, 7) is 2.10. The number of para-hydroxylation sites is 1. The maximum atomic E-state index is 5.34. The summed E-state index contributed by atoms with van der Waals surface area (Å²) < 4.78 is 5.34. The highest BCUT2D eigenvalue weighted by Gasteiger charge is 2.18. The Hall–Kier alpha value is -1.06. The third-order valence-electron chi connectivity index (χ3n) is 2.84. The van der Waals surface area contributed by atoms with Crippen LogP contribution >= 0.6 is 0 Å². The molecule has 0 radical (unpaired) electrons. The molecule has 1 saturated heterocycles. The number of benzene rings is 1. The van der Waals surface area contributed by atoms with Gasteiger partial charge in [-0.2, -0.15) is 0 Å². The molecule has 3 heteroatoms. The summed E-state index contributed by atoms with van der Waals surface area (Å²) in [5.41, 5.74) is 4.56.